The maximum atomic E-state index is 13.4. The average molecular weight is 592 g/mol. The van der Waals surface area contributed by atoms with E-state index in [-0.39, 0.29) is 11.8 Å². The minimum Gasteiger partial charge on any atom is -0.384 e. The molecule has 0 spiro atoms. The van der Waals surface area contributed by atoms with Gasteiger partial charge >= 0.3 is 0 Å². The van der Waals surface area contributed by atoms with E-state index < -0.39 is 0 Å². The Balaban J connectivity index is 1.09. The van der Waals surface area contributed by atoms with Gasteiger partial charge in [-0.2, -0.15) is 0 Å². The number of rotatable bonds is 10. The minimum absolute atomic E-state index is 0.101. The third kappa shape index (κ3) is 7.18. The number of nitrogens with one attached hydrogen (secondary N) is 2. The fraction of sp³-hybridized carbons (Fsp3) is 0.195. The molecule has 1 aliphatic rings. The van der Waals surface area contributed by atoms with Crippen molar-refractivity contribution in [3.63, 3.8) is 0 Å². The summed E-state index contributed by atoms with van der Waals surface area (Å²) in [4.78, 5) is 15.8. The molecule has 1 fully saturated rings. The van der Waals surface area contributed by atoms with Crippen LogP contribution < -0.4 is 15.5 Å². The topological polar surface area (TPSA) is 44.4 Å². The fourth-order valence-corrected chi connectivity index (χ4v) is 6.58. The van der Waals surface area contributed by atoms with E-state index in [0.29, 0.717) is 11.5 Å². The van der Waals surface area contributed by atoms with Gasteiger partial charge in [-0.15, -0.1) is 0 Å². The number of hydrogen-bond donors (Lipinski definition) is 2. The molecule has 0 aromatic heterocycles. The van der Waals surface area contributed by atoms with Gasteiger partial charge in [-0.1, -0.05) is 110 Å². The van der Waals surface area contributed by atoms with Crippen molar-refractivity contribution in [2.24, 2.45) is 5.92 Å². The summed E-state index contributed by atoms with van der Waals surface area (Å²) in [5.41, 5.74) is 9.49. The van der Waals surface area contributed by atoms with Gasteiger partial charge in [0.15, 0.2) is 0 Å². The SMILES string of the molecule is C=C(NCc1ccccc1)C(c1ccccc1)C1CCN(c2ccc(NC(=O)c3ccccc3-c3ccccc3C)cc2)CC1. The van der Waals surface area contributed by atoms with Crippen LogP contribution in [0.2, 0.25) is 0 Å². The Labute approximate surface area is 267 Å². The van der Waals surface area contributed by atoms with E-state index in [0.717, 1.165) is 60.6 Å². The lowest BCUT2D eigenvalue weighted by Gasteiger charge is -2.38. The van der Waals surface area contributed by atoms with Crippen molar-refractivity contribution in [2.75, 3.05) is 23.3 Å². The molecular weight excluding hydrogens is 550 g/mol. The fourth-order valence-electron chi connectivity index (χ4n) is 6.58. The molecule has 0 saturated carbocycles. The predicted molar refractivity (Wildman–Crippen MR) is 188 cm³/mol. The van der Waals surface area contributed by atoms with Crippen LogP contribution in [0.3, 0.4) is 0 Å². The minimum atomic E-state index is -0.101. The molecule has 0 radical (unpaired) electrons. The number of aryl methyl sites for hydroxylation is 1. The first-order chi connectivity index (χ1) is 22.1. The molecule has 5 aromatic rings. The molecule has 4 heteroatoms. The second kappa shape index (κ2) is 14.1. The summed E-state index contributed by atoms with van der Waals surface area (Å²) in [6.07, 6.45) is 2.17. The van der Waals surface area contributed by atoms with Crippen LogP contribution in [0.1, 0.15) is 45.8 Å². The van der Waals surface area contributed by atoms with E-state index >= 15 is 0 Å². The first-order valence-electron chi connectivity index (χ1n) is 15.9. The van der Waals surface area contributed by atoms with Gasteiger partial charge in [0.25, 0.3) is 5.91 Å². The number of anilines is 2. The number of allylic oxidation sites excluding steroid dienone is 1. The Kier molecular flexibility index (Phi) is 9.41. The lowest BCUT2D eigenvalue weighted by atomic mass is 9.78. The Morgan fingerprint density at radius 2 is 1.36 bits per heavy atom. The van der Waals surface area contributed by atoms with Crippen LogP contribution in [0.5, 0.6) is 0 Å². The van der Waals surface area contributed by atoms with Crippen molar-refractivity contribution in [3.05, 3.63) is 168 Å². The average Bonchev–Trinajstić information content (AvgIpc) is 3.09. The van der Waals surface area contributed by atoms with Gasteiger partial charge < -0.3 is 15.5 Å². The number of piperidine rings is 1. The van der Waals surface area contributed by atoms with Crippen molar-refractivity contribution >= 4 is 17.3 Å². The van der Waals surface area contributed by atoms with Crippen molar-refractivity contribution in [1.82, 2.24) is 5.32 Å². The van der Waals surface area contributed by atoms with Crippen LogP contribution >= 0.6 is 0 Å². The Morgan fingerprint density at radius 3 is 2.04 bits per heavy atom. The number of hydrogen-bond acceptors (Lipinski definition) is 3. The van der Waals surface area contributed by atoms with E-state index in [4.69, 9.17) is 0 Å². The van der Waals surface area contributed by atoms with Crippen LogP contribution in [0.4, 0.5) is 11.4 Å². The largest absolute Gasteiger partial charge is 0.384 e. The van der Waals surface area contributed by atoms with Gasteiger partial charge in [0, 0.05) is 48.2 Å². The Morgan fingerprint density at radius 1 is 0.756 bits per heavy atom. The van der Waals surface area contributed by atoms with E-state index in [1.54, 1.807) is 0 Å². The molecule has 0 aliphatic carbocycles. The van der Waals surface area contributed by atoms with E-state index in [1.165, 1.54) is 16.8 Å². The van der Waals surface area contributed by atoms with Gasteiger partial charge in [0.1, 0.15) is 0 Å². The summed E-state index contributed by atoms with van der Waals surface area (Å²) in [5, 5.41) is 6.76. The summed E-state index contributed by atoms with van der Waals surface area (Å²) in [7, 11) is 0. The first kappa shape index (κ1) is 30.0. The molecule has 1 unspecified atom stereocenters. The molecule has 2 N–H and O–H groups in total. The maximum Gasteiger partial charge on any atom is 0.256 e. The molecule has 1 amide bonds. The number of carbonyl (C=O) groups is 1. The summed E-state index contributed by atoms with van der Waals surface area (Å²) in [6.45, 7) is 9.34. The molecule has 226 valence electrons. The molecule has 1 saturated heterocycles. The number of carbonyl (C=O) groups excluding carboxylic acids is 1. The van der Waals surface area contributed by atoms with E-state index in [2.05, 4.69) is 114 Å². The van der Waals surface area contributed by atoms with Gasteiger partial charge in [-0.3, -0.25) is 4.79 Å². The van der Waals surface area contributed by atoms with Crippen molar-refractivity contribution in [1.29, 1.82) is 0 Å². The second-order valence-electron chi connectivity index (χ2n) is 11.9. The highest BCUT2D eigenvalue weighted by molar-refractivity contribution is 6.09. The van der Waals surface area contributed by atoms with E-state index in [1.807, 2.05) is 48.5 Å². The van der Waals surface area contributed by atoms with Crippen LogP contribution in [0.25, 0.3) is 11.1 Å². The number of nitrogens with zero attached hydrogens (tertiary/aromatic N) is 1. The molecule has 45 heavy (non-hydrogen) atoms. The highest BCUT2D eigenvalue weighted by Crippen LogP contribution is 2.38. The maximum absolute atomic E-state index is 13.4. The number of amides is 1. The normalized spacial score (nSPS) is 14.0. The Bertz CT molecular complexity index is 1720. The van der Waals surface area contributed by atoms with Gasteiger partial charge in [0.2, 0.25) is 0 Å². The molecule has 6 rings (SSSR count). The Hall–Kier alpha value is -5.09. The highest BCUT2D eigenvalue weighted by Gasteiger charge is 2.30. The van der Waals surface area contributed by atoms with Crippen LogP contribution in [0, 0.1) is 12.8 Å². The van der Waals surface area contributed by atoms with E-state index in [9.17, 15) is 4.79 Å². The van der Waals surface area contributed by atoms with Gasteiger partial charge in [0.05, 0.1) is 0 Å². The van der Waals surface area contributed by atoms with Crippen LogP contribution in [-0.2, 0) is 6.54 Å². The molecule has 0 bridgehead atoms. The zero-order chi connectivity index (χ0) is 31.0. The number of benzene rings is 5. The summed E-state index contributed by atoms with van der Waals surface area (Å²) in [6, 6.07) is 45.6. The second-order valence-corrected chi connectivity index (χ2v) is 11.9. The quantitative estimate of drug-likeness (QED) is 0.170. The van der Waals surface area contributed by atoms with Gasteiger partial charge in [-0.25, -0.2) is 0 Å². The third-order valence-electron chi connectivity index (χ3n) is 9.00. The summed E-state index contributed by atoms with van der Waals surface area (Å²) in [5.74, 6) is 0.666. The first-order valence-corrected chi connectivity index (χ1v) is 15.9. The highest BCUT2D eigenvalue weighted by atomic mass is 16.1. The molecule has 1 heterocycles. The lowest BCUT2D eigenvalue weighted by molar-refractivity contribution is 0.102. The molecule has 1 atom stereocenters. The smallest absolute Gasteiger partial charge is 0.256 e. The standard InChI is InChI=1S/C41H41N3O/c1-30-13-9-10-18-37(30)38-19-11-12-20-39(38)41(45)43-35-21-23-36(24-22-35)44-27-25-34(26-28-44)40(33-16-7-4-8-17-33)31(2)42-29-32-14-5-3-6-15-32/h3-24,34,40,42H,2,25-29H2,1H3,(H,43,45). The van der Waals surface area contributed by atoms with Crippen molar-refractivity contribution in [3.8, 4) is 11.1 Å². The zero-order valence-electron chi connectivity index (χ0n) is 26.0. The zero-order valence-corrected chi connectivity index (χ0v) is 26.0. The predicted octanol–water partition coefficient (Wildman–Crippen LogP) is 9.22. The molecule has 1 aliphatic heterocycles. The van der Waals surface area contributed by atoms with Crippen molar-refractivity contribution in [2.45, 2.75) is 32.2 Å². The monoisotopic (exact) mass is 591 g/mol. The van der Waals surface area contributed by atoms with Crippen molar-refractivity contribution < 1.29 is 4.79 Å². The molecular formula is C41H41N3O. The lowest BCUT2D eigenvalue weighted by Crippen LogP contribution is -2.37. The summed E-state index contributed by atoms with van der Waals surface area (Å²) < 4.78 is 0. The van der Waals surface area contributed by atoms with Crippen LogP contribution in [0.15, 0.2) is 146 Å². The van der Waals surface area contributed by atoms with Gasteiger partial charge in [-0.05, 0) is 83.8 Å². The third-order valence-corrected chi connectivity index (χ3v) is 9.00. The molecule has 4 nitrogen and oxygen atoms in total. The van der Waals surface area contributed by atoms with Crippen LogP contribution in [-0.4, -0.2) is 19.0 Å². The molecule has 5 aromatic carbocycles. The summed E-state index contributed by atoms with van der Waals surface area (Å²) >= 11 is 0.